The molecule has 114 valence electrons. The maximum absolute atomic E-state index is 11.9. The summed E-state index contributed by atoms with van der Waals surface area (Å²) in [5, 5.41) is 0.294. The first kappa shape index (κ1) is 16.9. The quantitative estimate of drug-likeness (QED) is 0.754. The van der Waals surface area contributed by atoms with Gasteiger partial charge in [0.1, 0.15) is 5.00 Å². The summed E-state index contributed by atoms with van der Waals surface area (Å²) in [4.78, 5) is 12.8. The first-order valence-corrected chi connectivity index (χ1v) is 8.66. The first-order valence-electron chi connectivity index (χ1n) is 6.36. The van der Waals surface area contributed by atoms with Gasteiger partial charge in [-0.2, -0.15) is 13.1 Å². The molecule has 0 aliphatic carbocycles. The lowest BCUT2D eigenvalue weighted by atomic mass is 10.2. The van der Waals surface area contributed by atoms with E-state index in [1.165, 1.54) is 11.3 Å². The zero-order valence-corrected chi connectivity index (χ0v) is 13.7. The van der Waals surface area contributed by atoms with Gasteiger partial charge in [0, 0.05) is 11.4 Å². The summed E-state index contributed by atoms with van der Waals surface area (Å²) in [5.41, 5.74) is 1.03. The number of ether oxygens (including phenoxy) is 1. The van der Waals surface area contributed by atoms with Gasteiger partial charge in [0.25, 0.3) is 10.2 Å². The Kier molecular flexibility index (Phi) is 5.97. The Morgan fingerprint density at radius 1 is 1.30 bits per heavy atom. The average Bonchev–Trinajstić information content (AvgIpc) is 2.62. The van der Waals surface area contributed by atoms with E-state index in [0.29, 0.717) is 18.0 Å². The predicted octanol–water partition coefficient (Wildman–Crippen LogP) is 2.20. The highest BCUT2D eigenvalue weighted by Crippen LogP contribution is 2.33. The minimum Gasteiger partial charge on any atom is -0.462 e. The van der Waals surface area contributed by atoms with Crippen molar-refractivity contribution in [3.05, 3.63) is 16.0 Å². The number of nitrogens with one attached hydrogen (secondary N) is 2. The predicted molar refractivity (Wildman–Crippen MR) is 80.6 cm³/mol. The fourth-order valence-corrected chi connectivity index (χ4v) is 3.83. The maximum Gasteiger partial charge on any atom is 0.341 e. The van der Waals surface area contributed by atoms with Crippen LogP contribution < -0.4 is 9.44 Å². The number of rotatable bonds is 7. The lowest BCUT2D eigenvalue weighted by Crippen LogP contribution is -2.30. The van der Waals surface area contributed by atoms with Crippen LogP contribution >= 0.6 is 11.3 Å². The lowest BCUT2D eigenvalue weighted by molar-refractivity contribution is 0.0527. The molecule has 1 aromatic heterocycles. The second-order valence-corrected chi connectivity index (χ2v) is 6.93. The van der Waals surface area contributed by atoms with E-state index in [1.807, 2.05) is 13.8 Å². The molecular weight excluding hydrogens is 300 g/mol. The van der Waals surface area contributed by atoms with Crippen LogP contribution in [-0.4, -0.2) is 27.5 Å². The SMILES string of the molecule is CCCNS(=O)(=O)Nc1sc(C)c(C)c1C(=O)OCC. The van der Waals surface area contributed by atoms with Crippen LogP contribution in [0.2, 0.25) is 0 Å². The Morgan fingerprint density at radius 3 is 2.50 bits per heavy atom. The van der Waals surface area contributed by atoms with E-state index in [2.05, 4.69) is 9.44 Å². The van der Waals surface area contributed by atoms with E-state index < -0.39 is 16.2 Å². The van der Waals surface area contributed by atoms with Crippen molar-refractivity contribution >= 4 is 32.5 Å². The first-order chi connectivity index (χ1) is 9.32. The molecule has 20 heavy (non-hydrogen) atoms. The molecule has 1 heterocycles. The van der Waals surface area contributed by atoms with Crippen LogP contribution in [0.3, 0.4) is 0 Å². The monoisotopic (exact) mass is 320 g/mol. The zero-order valence-electron chi connectivity index (χ0n) is 12.1. The normalized spacial score (nSPS) is 11.4. The molecule has 1 rings (SSSR count). The Hall–Kier alpha value is -1.12. The average molecular weight is 320 g/mol. The molecule has 8 heteroatoms. The van der Waals surface area contributed by atoms with E-state index in [0.717, 1.165) is 10.4 Å². The van der Waals surface area contributed by atoms with Crippen molar-refractivity contribution < 1.29 is 17.9 Å². The fraction of sp³-hybridized carbons (Fsp3) is 0.583. The van der Waals surface area contributed by atoms with Crippen molar-refractivity contribution in [3.63, 3.8) is 0 Å². The van der Waals surface area contributed by atoms with Crippen LogP contribution in [0, 0.1) is 13.8 Å². The number of aryl methyl sites for hydroxylation is 1. The summed E-state index contributed by atoms with van der Waals surface area (Å²) in [6.45, 7) is 7.77. The topological polar surface area (TPSA) is 84.5 Å². The number of thiophene rings is 1. The number of esters is 1. The van der Waals surface area contributed by atoms with Crippen molar-refractivity contribution in [1.29, 1.82) is 0 Å². The van der Waals surface area contributed by atoms with Gasteiger partial charge in [-0.1, -0.05) is 6.92 Å². The summed E-state index contributed by atoms with van der Waals surface area (Å²) in [6.07, 6.45) is 0.689. The molecule has 0 radical (unpaired) electrons. The molecule has 0 amide bonds. The summed E-state index contributed by atoms with van der Waals surface area (Å²) in [5.74, 6) is -0.512. The van der Waals surface area contributed by atoms with Gasteiger partial charge in [-0.25, -0.2) is 4.79 Å². The third-order valence-electron chi connectivity index (χ3n) is 2.63. The van der Waals surface area contributed by atoms with Crippen molar-refractivity contribution in [3.8, 4) is 0 Å². The van der Waals surface area contributed by atoms with E-state index in [1.54, 1.807) is 13.8 Å². The minimum absolute atomic E-state index is 0.243. The Bertz CT molecular complexity index is 579. The summed E-state index contributed by atoms with van der Waals surface area (Å²) >= 11 is 1.22. The van der Waals surface area contributed by atoms with Gasteiger partial charge in [-0.05, 0) is 32.8 Å². The molecule has 0 aliphatic heterocycles. The molecule has 0 fully saturated rings. The Morgan fingerprint density at radius 2 is 1.95 bits per heavy atom. The number of hydrogen-bond acceptors (Lipinski definition) is 5. The highest BCUT2D eigenvalue weighted by Gasteiger charge is 2.23. The Balaban J connectivity index is 3.07. The van der Waals surface area contributed by atoms with Gasteiger partial charge in [-0.3, -0.25) is 4.72 Å². The molecule has 1 aromatic rings. The van der Waals surface area contributed by atoms with Crippen LogP contribution in [0.15, 0.2) is 0 Å². The molecule has 0 atom stereocenters. The third kappa shape index (κ3) is 4.19. The molecule has 0 unspecified atom stereocenters. The zero-order chi connectivity index (χ0) is 15.3. The summed E-state index contributed by atoms with van der Waals surface area (Å²) < 4.78 is 33.5. The summed E-state index contributed by atoms with van der Waals surface area (Å²) in [7, 11) is -3.67. The van der Waals surface area contributed by atoms with Crippen molar-refractivity contribution in [2.75, 3.05) is 17.9 Å². The van der Waals surface area contributed by atoms with Crippen LogP contribution in [0.5, 0.6) is 0 Å². The third-order valence-corrected chi connectivity index (χ3v) is 4.94. The molecule has 0 bridgehead atoms. The van der Waals surface area contributed by atoms with Gasteiger partial charge in [0.15, 0.2) is 0 Å². The minimum atomic E-state index is -3.67. The highest BCUT2D eigenvalue weighted by molar-refractivity contribution is 7.91. The standard InChI is InChI=1S/C12H20N2O4S2/c1-5-7-13-20(16,17)14-11-10(12(15)18-6-2)8(3)9(4)19-11/h13-14H,5-7H2,1-4H3. The second kappa shape index (κ2) is 7.05. The van der Waals surface area contributed by atoms with Gasteiger partial charge in [0.2, 0.25) is 0 Å². The van der Waals surface area contributed by atoms with Gasteiger partial charge in [0.05, 0.1) is 12.2 Å². The number of carbonyl (C=O) groups is 1. The van der Waals surface area contributed by atoms with Crippen molar-refractivity contribution in [2.45, 2.75) is 34.1 Å². The van der Waals surface area contributed by atoms with E-state index in [9.17, 15) is 13.2 Å². The number of hydrogen-bond donors (Lipinski definition) is 2. The van der Waals surface area contributed by atoms with Crippen molar-refractivity contribution in [2.24, 2.45) is 0 Å². The van der Waals surface area contributed by atoms with E-state index in [4.69, 9.17) is 4.74 Å². The maximum atomic E-state index is 11.9. The molecule has 0 spiro atoms. The van der Waals surface area contributed by atoms with Crippen LogP contribution in [0.1, 0.15) is 41.1 Å². The van der Waals surface area contributed by atoms with E-state index in [-0.39, 0.29) is 12.2 Å². The fourth-order valence-electron chi connectivity index (χ4n) is 1.54. The van der Waals surface area contributed by atoms with Crippen LogP contribution in [0.4, 0.5) is 5.00 Å². The Labute approximate surface area is 123 Å². The molecular formula is C12H20N2O4S2. The highest BCUT2D eigenvalue weighted by atomic mass is 32.2. The number of anilines is 1. The van der Waals surface area contributed by atoms with Gasteiger partial charge < -0.3 is 4.74 Å². The summed E-state index contributed by atoms with van der Waals surface area (Å²) in [6, 6.07) is 0. The van der Waals surface area contributed by atoms with E-state index >= 15 is 0 Å². The molecule has 0 saturated heterocycles. The van der Waals surface area contributed by atoms with Crippen LogP contribution in [0.25, 0.3) is 0 Å². The smallest absolute Gasteiger partial charge is 0.341 e. The lowest BCUT2D eigenvalue weighted by Gasteiger charge is -2.09. The molecule has 0 saturated carbocycles. The number of carbonyl (C=O) groups excluding carboxylic acids is 1. The van der Waals surface area contributed by atoms with Gasteiger partial charge in [-0.15, -0.1) is 11.3 Å². The molecule has 2 N–H and O–H groups in total. The molecule has 6 nitrogen and oxygen atoms in total. The van der Waals surface area contributed by atoms with Gasteiger partial charge >= 0.3 is 5.97 Å². The second-order valence-electron chi connectivity index (χ2n) is 4.21. The van der Waals surface area contributed by atoms with Crippen LogP contribution in [-0.2, 0) is 14.9 Å². The largest absolute Gasteiger partial charge is 0.462 e. The molecule has 0 aromatic carbocycles. The molecule has 0 aliphatic rings. The van der Waals surface area contributed by atoms with Crippen molar-refractivity contribution in [1.82, 2.24) is 4.72 Å².